The van der Waals surface area contributed by atoms with Gasteiger partial charge in [-0.15, -0.1) is 0 Å². The van der Waals surface area contributed by atoms with Gasteiger partial charge in [0.25, 0.3) is 0 Å². The van der Waals surface area contributed by atoms with E-state index < -0.39 is 5.41 Å². The third-order valence-corrected chi connectivity index (χ3v) is 7.13. The summed E-state index contributed by atoms with van der Waals surface area (Å²) >= 11 is 0. The van der Waals surface area contributed by atoms with Gasteiger partial charge in [-0.3, -0.25) is 9.59 Å². The Morgan fingerprint density at radius 2 is 1.22 bits per heavy atom. The number of hydrogen-bond donors (Lipinski definition) is 2. The van der Waals surface area contributed by atoms with Crippen molar-refractivity contribution in [3.63, 3.8) is 0 Å². The zero-order chi connectivity index (χ0) is 25.4. The zero-order valence-electron chi connectivity index (χ0n) is 21.4. The highest BCUT2D eigenvalue weighted by molar-refractivity contribution is 6.16. The van der Waals surface area contributed by atoms with Crippen molar-refractivity contribution >= 4 is 33.4 Å². The van der Waals surface area contributed by atoms with E-state index in [0.717, 1.165) is 44.3 Å². The minimum absolute atomic E-state index is 0.0357. The first-order valence-corrected chi connectivity index (χ1v) is 12.5. The lowest BCUT2D eigenvalue weighted by Gasteiger charge is -2.35. The minimum Gasteiger partial charge on any atom is -0.358 e. The summed E-state index contributed by atoms with van der Waals surface area (Å²) in [5.41, 5.74) is 7.03. The fourth-order valence-electron chi connectivity index (χ4n) is 5.56. The van der Waals surface area contributed by atoms with Crippen LogP contribution in [-0.2, 0) is 27.8 Å². The normalized spacial score (nSPS) is 15.0. The molecule has 2 aromatic heterocycles. The zero-order valence-corrected chi connectivity index (χ0v) is 21.4. The molecule has 0 amide bonds. The maximum absolute atomic E-state index is 14.2. The van der Waals surface area contributed by atoms with E-state index in [0.29, 0.717) is 12.8 Å². The Kier molecular flexibility index (Phi) is 6.13. The van der Waals surface area contributed by atoms with Crippen LogP contribution in [0.15, 0.2) is 84.0 Å². The van der Waals surface area contributed by atoms with Gasteiger partial charge in [0, 0.05) is 52.5 Å². The van der Waals surface area contributed by atoms with Crippen LogP contribution in [0, 0.1) is 0 Å². The molecule has 0 saturated carbocycles. The van der Waals surface area contributed by atoms with Crippen molar-refractivity contribution in [3.05, 3.63) is 106 Å². The molecule has 1 aliphatic carbocycles. The van der Waals surface area contributed by atoms with Gasteiger partial charge in [0.2, 0.25) is 0 Å². The van der Waals surface area contributed by atoms with E-state index in [9.17, 15) is 9.59 Å². The van der Waals surface area contributed by atoms with Gasteiger partial charge in [0.15, 0.2) is 11.6 Å². The predicted octanol–water partition coefficient (Wildman–Crippen LogP) is 7.05. The van der Waals surface area contributed by atoms with Gasteiger partial charge < -0.3 is 9.97 Å². The summed E-state index contributed by atoms with van der Waals surface area (Å²) in [5.74, 6) is -0.0833. The van der Waals surface area contributed by atoms with Gasteiger partial charge in [-0.25, -0.2) is 0 Å². The van der Waals surface area contributed by atoms with Gasteiger partial charge in [0.05, 0.1) is 5.41 Å². The van der Waals surface area contributed by atoms with Crippen molar-refractivity contribution in [2.45, 2.75) is 52.4 Å². The highest BCUT2D eigenvalue weighted by Gasteiger charge is 2.49. The Bertz CT molecular complexity index is 1480. The number of allylic oxidation sites excluding steroid dienone is 6. The molecule has 4 aromatic rings. The first-order valence-electron chi connectivity index (χ1n) is 12.5. The molecule has 2 N–H and O–H groups in total. The third kappa shape index (κ3) is 3.97. The van der Waals surface area contributed by atoms with Crippen molar-refractivity contribution in [2.24, 2.45) is 0 Å². The fourth-order valence-corrected chi connectivity index (χ4v) is 5.56. The number of carbonyl (C=O) groups excluding carboxylic acids is 2. The number of rotatable bonds is 6. The van der Waals surface area contributed by atoms with Gasteiger partial charge in [-0.05, 0) is 63.1 Å². The molecule has 0 aliphatic heterocycles. The molecule has 0 saturated heterocycles. The summed E-state index contributed by atoms with van der Waals surface area (Å²) in [6.45, 7) is 8.31. The van der Waals surface area contributed by atoms with Gasteiger partial charge in [-0.2, -0.15) is 0 Å². The van der Waals surface area contributed by atoms with Crippen LogP contribution in [-0.4, -0.2) is 21.5 Å². The molecule has 2 heterocycles. The van der Waals surface area contributed by atoms with Crippen LogP contribution in [0.3, 0.4) is 0 Å². The Morgan fingerprint density at radius 1 is 0.750 bits per heavy atom. The van der Waals surface area contributed by atoms with Crippen molar-refractivity contribution in [1.29, 1.82) is 0 Å². The van der Waals surface area contributed by atoms with E-state index >= 15 is 0 Å². The molecule has 2 aromatic carbocycles. The Morgan fingerprint density at radius 3 is 1.69 bits per heavy atom. The summed E-state index contributed by atoms with van der Waals surface area (Å²) in [6, 6.07) is 16.2. The number of hydrogen-bond acceptors (Lipinski definition) is 2. The Balaban J connectivity index is 1.92. The first kappa shape index (κ1) is 23.8. The number of para-hydroxylation sites is 2. The predicted molar refractivity (Wildman–Crippen MR) is 147 cm³/mol. The topological polar surface area (TPSA) is 65.7 Å². The molecule has 0 fully saturated rings. The number of ketones is 2. The van der Waals surface area contributed by atoms with Gasteiger partial charge in [0.1, 0.15) is 0 Å². The maximum Gasteiger partial charge on any atom is 0.171 e. The molecular weight excluding hydrogens is 444 g/mol. The average Bonchev–Trinajstić information content (AvgIpc) is 3.41. The summed E-state index contributed by atoms with van der Waals surface area (Å²) in [4.78, 5) is 34.6. The summed E-state index contributed by atoms with van der Waals surface area (Å²) in [7, 11) is 0. The molecule has 182 valence electrons. The summed E-state index contributed by atoms with van der Waals surface area (Å²) in [6.07, 6.45) is 8.70. The highest BCUT2D eigenvalue weighted by Crippen LogP contribution is 2.48. The van der Waals surface area contributed by atoms with E-state index in [4.69, 9.17) is 0 Å². The van der Waals surface area contributed by atoms with Gasteiger partial charge >= 0.3 is 0 Å². The van der Waals surface area contributed by atoms with E-state index in [-0.39, 0.29) is 18.0 Å². The molecule has 0 bridgehead atoms. The lowest BCUT2D eigenvalue weighted by Crippen LogP contribution is -2.42. The van der Waals surface area contributed by atoms with Crippen molar-refractivity contribution < 1.29 is 9.59 Å². The highest BCUT2D eigenvalue weighted by atomic mass is 16.1. The van der Waals surface area contributed by atoms with Crippen molar-refractivity contribution in [2.75, 3.05) is 0 Å². The molecule has 0 unspecified atom stereocenters. The molecule has 4 nitrogen and oxygen atoms in total. The third-order valence-electron chi connectivity index (χ3n) is 7.13. The average molecular weight is 477 g/mol. The molecule has 5 rings (SSSR count). The lowest BCUT2D eigenvalue weighted by atomic mass is 9.64. The molecule has 0 atom stereocenters. The standard InChI is InChI=1S/C32H32N2O2/c1-20(2)13-16-27-30(23-9-5-7-11-25(23)33-27)32(19-22(35)15-18-29(32)36)31-24-10-6-8-12-26(24)34-28(31)17-14-21(3)4/h5-15,18,33-34H,16-17,19H2,1-4H3. The number of fused-ring (bicyclic) bond motifs is 2. The van der Waals surface area contributed by atoms with Crippen LogP contribution in [0.4, 0.5) is 0 Å². The molecule has 36 heavy (non-hydrogen) atoms. The molecular formula is C32H32N2O2. The number of benzene rings is 2. The first-order chi connectivity index (χ1) is 17.3. The van der Waals surface area contributed by atoms with Crippen molar-refractivity contribution in [3.8, 4) is 0 Å². The second kappa shape index (κ2) is 9.27. The monoisotopic (exact) mass is 476 g/mol. The SMILES string of the molecule is CC(C)=CCc1[nH]c2ccccc2c1C1(c2c(CC=C(C)C)[nH]c3ccccc23)CC(=O)C=CC1=O. The van der Waals surface area contributed by atoms with E-state index in [1.165, 1.54) is 23.3 Å². The lowest BCUT2D eigenvalue weighted by molar-refractivity contribution is -0.125. The van der Waals surface area contributed by atoms with Crippen LogP contribution in [0.5, 0.6) is 0 Å². The molecule has 4 heteroatoms. The Labute approximate surface area is 211 Å². The number of aromatic nitrogens is 2. The number of nitrogens with one attached hydrogen (secondary N) is 2. The van der Waals surface area contributed by atoms with Crippen molar-refractivity contribution in [1.82, 2.24) is 9.97 Å². The number of H-pyrrole nitrogens is 2. The van der Waals surface area contributed by atoms with E-state index in [1.54, 1.807) is 0 Å². The second-order valence-corrected chi connectivity index (χ2v) is 10.3. The largest absolute Gasteiger partial charge is 0.358 e. The fraction of sp³-hybridized carbons (Fsp3) is 0.250. The van der Waals surface area contributed by atoms with Gasteiger partial charge in [-0.1, -0.05) is 59.7 Å². The van der Waals surface area contributed by atoms with E-state index in [2.05, 4.69) is 61.9 Å². The maximum atomic E-state index is 14.2. The smallest absolute Gasteiger partial charge is 0.171 e. The summed E-state index contributed by atoms with van der Waals surface area (Å²) in [5, 5.41) is 1.98. The second-order valence-electron chi connectivity index (χ2n) is 10.3. The quantitative estimate of drug-likeness (QED) is 0.293. The Hall–Kier alpha value is -3.92. The molecule has 1 aliphatic rings. The van der Waals surface area contributed by atoms with Crippen LogP contribution in [0.1, 0.15) is 56.6 Å². The minimum atomic E-state index is -1.12. The molecule has 0 spiro atoms. The number of aromatic amines is 2. The molecule has 0 radical (unpaired) electrons. The van der Waals surface area contributed by atoms with Crippen LogP contribution in [0.2, 0.25) is 0 Å². The number of carbonyl (C=O) groups is 2. The summed E-state index contributed by atoms with van der Waals surface area (Å²) < 4.78 is 0. The van der Waals surface area contributed by atoms with E-state index in [1.807, 2.05) is 36.4 Å². The van der Waals surface area contributed by atoms with Crippen LogP contribution < -0.4 is 0 Å². The van der Waals surface area contributed by atoms with Crippen LogP contribution in [0.25, 0.3) is 21.8 Å². The van der Waals surface area contributed by atoms with Crippen LogP contribution >= 0.6 is 0 Å².